The van der Waals surface area contributed by atoms with Crippen molar-refractivity contribution in [3.63, 3.8) is 0 Å². The summed E-state index contributed by atoms with van der Waals surface area (Å²) in [4.78, 5) is 12.4. The Morgan fingerprint density at radius 1 is 1.08 bits per heavy atom. The molecule has 3 heteroatoms. The Kier molecular flexibility index (Phi) is 5.55. The molecule has 0 aliphatic heterocycles. The molecule has 2 aromatic carbocycles. The Hall–Kier alpha value is -2.86. The van der Waals surface area contributed by atoms with Gasteiger partial charge in [0.2, 0.25) is 0 Å². The van der Waals surface area contributed by atoms with Crippen LogP contribution in [0.4, 0.5) is 0 Å². The molecular weight excluding hydrogens is 296 g/mol. The van der Waals surface area contributed by atoms with Gasteiger partial charge in [0.1, 0.15) is 11.6 Å². The lowest BCUT2D eigenvalue weighted by molar-refractivity contribution is -0.117. The Balaban J connectivity index is 2.23. The first kappa shape index (κ1) is 17.5. The van der Waals surface area contributed by atoms with Crippen LogP contribution >= 0.6 is 0 Å². The minimum Gasteiger partial charge on any atom is -0.345 e. The molecule has 24 heavy (non-hydrogen) atoms. The second kappa shape index (κ2) is 7.61. The quantitative estimate of drug-likeness (QED) is 0.671. The zero-order chi connectivity index (χ0) is 17.7. The summed E-state index contributed by atoms with van der Waals surface area (Å²) < 4.78 is 0. The highest BCUT2D eigenvalue weighted by atomic mass is 16.1. The summed E-state index contributed by atoms with van der Waals surface area (Å²) in [6, 6.07) is 15.6. The van der Waals surface area contributed by atoms with Crippen molar-refractivity contribution < 1.29 is 4.79 Å². The maximum absolute atomic E-state index is 12.4. The average Bonchev–Trinajstić information content (AvgIpc) is 2.57. The lowest BCUT2D eigenvalue weighted by atomic mass is 9.99. The van der Waals surface area contributed by atoms with E-state index in [1.54, 1.807) is 6.08 Å². The molecule has 1 atom stereocenters. The van der Waals surface area contributed by atoms with Crippen LogP contribution in [0.5, 0.6) is 0 Å². The number of amides is 1. The maximum Gasteiger partial charge on any atom is 0.262 e. The van der Waals surface area contributed by atoms with Gasteiger partial charge in [0, 0.05) is 0 Å². The number of benzene rings is 2. The topological polar surface area (TPSA) is 52.9 Å². The predicted octanol–water partition coefficient (Wildman–Crippen LogP) is 4.40. The smallest absolute Gasteiger partial charge is 0.262 e. The van der Waals surface area contributed by atoms with Crippen molar-refractivity contribution in [2.75, 3.05) is 0 Å². The normalized spacial score (nSPS) is 12.4. The summed E-state index contributed by atoms with van der Waals surface area (Å²) in [5.41, 5.74) is 5.41. The zero-order valence-electron chi connectivity index (χ0n) is 14.6. The van der Waals surface area contributed by atoms with Gasteiger partial charge in [-0.05, 0) is 61.6 Å². The molecule has 0 aliphatic rings. The third-order valence-corrected chi connectivity index (χ3v) is 4.19. The first-order chi connectivity index (χ1) is 11.4. The molecule has 0 unspecified atom stereocenters. The van der Waals surface area contributed by atoms with Crippen LogP contribution in [0, 0.1) is 32.1 Å². The van der Waals surface area contributed by atoms with Gasteiger partial charge >= 0.3 is 0 Å². The van der Waals surface area contributed by atoms with Gasteiger partial charge in [-0.3, -0.25) is 4.79 Å². The van der Waals surface area contributed by atoms with E-state index in [4.69, 9.17) is 0 Å². The third-order valence-electron chi connectivity index (χ3n) is 4.19. The largest absolute Gasteiger partial charge is 0.345 e. The fourth-order valence-electron chi connectivity index (χ4n) is 2.54. The molecule has 122 valence electrons. The van der Waals surface area contributed by atoms with Gasteiger partial charge in [0.05, 0.1) is 6.04 Å². The lowest BCUT2D eigenvalue weighted by Gasteiger charge is -2.14. The number of hydrogen-bond donors (Lipinski definition) is 1. The van der Waals surface area contributed by atoms with Crippen molar-refractivity contribution >= 4 is 12.0 Å². The van der Waals surface area contributed by atoms with E-state index >= 15 is 0 Å². The van der Waals surface area contributed by atoms with E-state index in [-0.39, 0.29) is 17.5 Å². The molecule has 0 radical (unpaired) electrons. The summed E-state index contributed by atoms with van der Waals surface area (Å²) >= 11 is 0. The SMILES string of the molecule is Cc1cc(C)c(/C=C(\C#N)C(=O)N[C@@H](C)c2ccccc2)cc1C. The fraction of sp³-hybridized carbons (Fsp3) is 0.238. The van der Waals surface area contributed by atoms with Crippen LogP contribution in [0.1, 0.15) is 40.8 Å². The van der Waals surface area contributed by atoms with Gasteiger partial charge in [-0.1, -0.05) is 42.5 Å². The third kappa shape index (κ3) is 4.11. The van der Waals surface area contributed by atoms with Gasteiger partial charge in [0.15, 0.2) is 0 Å². The molecule has 0 fully saturated rings. The van der Waals surface area contributed by atoms with Gasteiger partial charge in [-0.25, -0.2) is 0 Å². The van der Waals surface area contributed by atoms with Crippen molar-refractivity contribution in [2.45, 2.75) is 33.7 Å². The number of nitrogens with zero attached hydrogens (tertiary/aromatic N) is 1. The molecule has 0 saturated carbocycles. The molecule has 3 nitrogen and oxygen atoms in total. The highest BCUT2D eigenvalue weighted by molar-refractivity contribution is 6.02. The van der Waals surface area contributed by atoms with Crippen LogP contribution in [-0.2, 0) is 4.79 Å². The van der Waals surface area contributed by atoms with Crippen LogP contribution in [0.25, 0.3) is 6.08 Å². The van der Waals surface area contributed by atoms with E-state index < -0.39 is 0 Å². The van der Waals surface area contributed by atoms with Crippen molar-refractivity contribution in [3.8, 4) is 6.07 Å². The highest BCUT2D eigenvalue weighted by Gasteiger charge is 2.14. The van der Waals surface area contributed by atoms with Crippen LogP contribution in [0.3, 0.4) is 0 Å². The summed E-state index contributed by atoms with van der Waals surface area (Å²) in [5.74, 6) is -0.355. The number of rotatable bonds is 4. The number of aryl methyl sites for hydroxylation is 3. The van der Waals surface area contributed by atoms with Gasteiger partial charge in [-0.2, -0.15) is 5.26 Å². The Morgan fingerprint density at radius 3 is 2.33 bits per heavy atom. The van der Waals surface area contributed by atoms with E-state index in [1.807, 2.05) is 63.2 Å². The van der Waals surface area contributed by atoms with E-state index in [0.29, 0.717) is 0 Å². The molecule has 2 rings (SSSR count). The minimum atomic E-state index is -0.355. The van der Waals surface area contributed by atoms with Gasteiger partial charge < -0.3 is 5.32 Å². The lowest BCUT2D eigenvalue weighted by Crippen LogP contribution is -2.27. The molecule has 0 aliphatic carbocycles. The van der Waals surface area contributed by atoms with Crippen LogP contribution < -0.4 is 5.32 Å². The fourth-order valence-corrected chi connectivity index (χ4v) is 2.54. The Bertz CT molecular complexity index is 814. The number of nitrogens with one attached hydrogen (secondary N) is 1. The molecule has 0 spiro atoms. The highest BCUT2D eigenvalue weighted by Crippen LogP contribution is 2.19. The molecule has 1 N–H and O–H groups in total. The number of hydrogen-bond acceptors (Lipinski definition) is 2. The van der Waals surface area contributed by atoms with Gasteiger partial charge in [-0.15, -0.1) is 0 Å². The predicted molar refractivity (Wildman–Crippen MR) is 97.2 cm³/mol. The molecule has 1 amide bonds. The second-order valence-corrected chi connectivity index (χ2v) is 6.07. The van der Waals surface area contributed by atoms with Crippen molar-refractivity contribution in [2.24, 2.45) is 0 Å². The van der Waals surface area contributed by atoms with Crippen LogP contribution in [0.2, 0.25) is 0 Å². The standard InChI is InChI=1S/C21H22N2O/c1-14-10-16(3)19(11-15(14)2)12-20(13-22)21(24)23-17(4)18-8-6-5-7-9-18/h5-12,17H,1-4H3,(H,23,24)/b20-12+/t17-/m0/s1. The monoisotopic (exact) mass is 318 g/mol. The minimum absolute atomic E-state index is 0.115. The molecule has 0 bridgehead atoms. The number of carbonyl (C=O) groups excluding carboxylic acids is 1. The molecule has 2 aromatic rings. The van der Waals surface area contributed by atoms with Crippen molar-refractivity contribution in [3.05, 3.63) is 75.9 Å². The number of carbonyl (C=O) groups is 1. The average molecular weight is 318 g/mol. The first-order valence-electron chi connectivity index (χ1n) is 7.98. The summed E-state index contributed by atoms with van der Waals surface area (Å²) in [5, 5.41) is 12.3. The van der Waals surface area contributed by atoms with Gasteiger partial charge in [0.25, 0.3) is 5.91 Å². The Morgan fingerprint density at radius 2 is 1.71 bits per heavy atom. The summed E-state index contributed by atoms with van der Waals surface area (Å²) in [6.07, 6.45) is 1.66. The number of nitriles is 1. The van der Waals surface area contributed by atoms with Crippen molar-refractivity contribution in [1.29, 1.82) is 5.26 Å². The zero-order valence-corrected chi connectivity index (χ0v) is 14.6. The van der Waals surface area contributed by atoms with Crippen molar-refractivity contribution in [1.82, 2.24) is 5.32 Å². The van der Waals surface area contributed by atoms with E-state index in [9.17, 15) is 10.1 Å². The summed E-state index contributed by atoms with van der Waals surface area (Å²) in [6.45, 7) is 7.96. The van der Waals surface area contributed by atoms with Crippen LogP contribution in [0.15, 0.2) is 48.0 Å². The Labute approximate surface area is 143 Å². The van der Waals surface area contributed by atoms with E-state index in [2.05, 4.69) is 18.3 Å². The molecular formula is C21H22N2O. The second-order valence-electron chi connectivity index (χ2n) is 6.07. The summed E-state index contributed by atoms with van der Waals surface area (Å²) in [7, 11) is 0. The molecule has 0 saturated heterocycles. The first-order valence-corrected chi connectivity index (χ1v) is 7.98. The molecule has 0 aromatic heterocycles. The maximum atomic E-state index is 12.4. The van der Waals surface area contributed by atoms with E-state index in [0.717, 1.165) is 22.3 Å². The van der Waals surface area contributed by atoms with Crippen LogP contribution in [-0.4, -0.2) is 5.91 Å². The molecule has 0 heterocycles. The van der Waals surface area contributed by atoms with E-state index in [1.165, 1.54) is 5.56 Å².